The fourth-order valence-corrected chi connectivity index (χ4v) is 6.08. The third kappa shape index (κ3) is 6.90. The summed E-state index contributed by atoms with van der Waals surface area (Å²) < 4.78 is 0. The van der Waals surface area contributed by atoms with Gasteiger partial charge in [-0.3, -0.25) is 24.1 Å². The molecular formula is C34H36ClN3O4. The molecule has 0 spiro atoms. The first-order valence-corrected chi connectivity index (χ1v) is 15.1. The van der Waals surface area contributed by atoms with Crippen molar-refractivity contribution in [1.29, 1.82) is 0 Å². The van der Waals surface area contributed by atoms with Gasteiger partial charge in [-0.25, -0.2) is 0 Å². The van der Waals surface area contributed by atoms with E-state index in [4.69, 9.17) is 11.6 Å². The van der Waals surface area contributed by atoms with Crippen molar-refractivity contribution < 1.29 is 19.2 Å². The van der Waals surface area contributed by atoms with Gasteiger partial charge in [-0.1, -0.05) is 91.5 Å². The lowest BCUT2D eigenvalue weighted by atomic mass is 9.94. The molecular weight excluding hydrogens is 550 g/mol. The van der Waals surface area contributed by atoms with Crippen LogP contribution in [0.1, 0.15) is 76.8 Å². The van der Waals surface area contributed by atoms with E-state index >= 15 is 0 Å². The Morgan fingerprint density at radius 1 is 0.857 bits per heavy atom. The molecule has 2 aliphatic rings. The number of halogens is 1. The number of fused-ring (bicyclic) bond motifs is 1. The third-order valence-electron chi connectivity index (χ3n) is 8.17. The number of rotatable bonds is 11. The fourth-order valence-electron chi connectivity index (χ4n) is 5.88. The van der Waals surface area contributed by atoms with E-state index in [1.54, 1.807) is 35.2 Å². The van der Waals surface area contributed by atoms with Crippen LogP contribution in [0.25, 0.3) is 0 Å². The van der Waals surface area contributed by atoms with Crippen LogP contribution >= 0.6 is 11.6 Å². The van der Waals surface area contributed by atoms with Gasteiger partial charge in [0.2, 0.25) is 11.8 Å². The quantitative estimate of drug-likeness (QED) is 0.288. The van der Waals surface area contributed by atoms with E-state index < -0.39 is 6.04 Å². The Balaban J connectivity index is 1.36. The number of hydrogen-bond acceptors (Lipinski definition) is 4. The SMILES string of the molecule is O=C(NC1CCCCC1)[C@H](Cc1ccccc1)N(Cc1ccccc1Cl)C(=O)CCCN1C(=O)c2ccccc2C1=O. The van der Waals surface area contributed by atoms with Crippen LogP contribution in [-0.2, 0) is 22.6 Å². The Labute approximate surface area is 251 Å². The fraction of sp³-hybridized carbons (Fsp3) is 0.353. The summed E-state index contributed by atoms with van der Waals surface area (Å²) in [5, 5.41) is 3.75. The standard InChI is InChI=1S/C34H36ClN3O4/c35-29-19-10-7-14-25(29)23-38(31(39)20-11-21-37-33(41)27-17-8-9-18-28(27)34(37)42)30(22-24-12-3-1-4-13-24)32(40)36-26-15-5-2-6-16-26/h1,3-4,7-10,12-14,17-19,26,30H,2,5-6,11,15-16,20-23H2,(H,36,40)/t30-/m0/s1. The van der Waals surface area contributed by atoms with Gasteiger partial charge >= 0.3 is 0 Å². The molecule has 0 bridgehead atoms. The smallest absolute Gasteiger partial charge is 0.261 e. The largest absolute Gasteiger partial charge is 0.352 e. The molecule has 1 aliphatic carbocycles. The van der Waals surface area contributed by atoms with Gasteiger partial charge in [0, 0.05) is 37.0 Å². The molecule has 1 heterocycles. The minimum absolute atomic E-state index is 0.0693. The van der Waals surface area contributed by atoms with Crippen LogP contribution in [-0.4, -0.2) is 52.1 Å². The second-order valence-corrected chi connectivity index (χ2v) is 11.5. The van der Waals surface area contributed by atoms with Gasteiger partial charge < -0.3 is 10.2 Å². The predicted molar refractivity (Wildman–Crippen MR) is 162 cm³/mol. The molecule has 0 radical (unpaired) electrons. The van der Waals surface area contributed by atoms with Gasteiger partial charge in [0.05, 0.1) is 11.1 Å². The summed E-state index contributed by atoms with van der Waals surface area (Å²) in [7, 11) is 0. The Morgan fingerprint density at radius 2 is 1.48 bits per heavy atom. The van der Waals surface area contributed by atoms with Crippen molar-refractivity contribution >= 4 is 35.2 Å². The Morgan fingerprint density at radius 3 is 2.14 bits per heavy atom. The van der Waals surface area contributed by atoms with E-state index in [1.165, 1.54) is 11.3 Å². The summed E-state index contributed by atoms with van der Waals surface area (Å²) >= 11 is 6.52. The van der Waals surface area contributed by atoms with E-state index in [0.717, 1.165) is 36.8 Å². The van der Waals surface area contributed by atoms with Crippen molar-refractivity contribution in [1.82, 2.24) is 15.1 Å². The van der Waals surface area contributed by atoms with Crippen LogP contribution in [0.15, 0.2) is 78.9 Å². The van der Waals surface area contributed by atoms with Gasteiger partial charge in [-0.15, -0.1) is 0 Å². The Hall–Kier alpha value is -3.97. The summed E-state index contributed by atoms with van der Waals surface area (Å²) in [6.45, 7) is 0.288. The zero-order valence-corrected chi connectivity index (χ0v) is 24.4. The zero-order chi connectivity index (χ0) is 29.5. The van der Waals surface area contributed by atoms with Gasteiger partial charge in [-0.05, 0) is 48.6 Å². The molecule has 0 saturated heterocycles. The van der Waals surface area contributed by atoms with Crippen LogP contribution < -0.4 is 5.32 Å². The number of amides is 4. The average molecular weight is 586 g/mol. The molecule has 1 N–H and O–H groups in total. The molecule has 8 heteroatoms. The van der Waals surface area contributed by atoms with E-state index in [2.05, 4.69) is 5.32 Å². The number of nitrogens with zero attached hydrogens (tertiary/aromatic N) is 2. The first-order valence-electron chi connectivity index (χ1n) is 14.7. The molecule has 3 aromatic carbocycles. The molecule has 7 nitrogen and oxygen atoms in total. The highest BCUT2D eigenvalue weighted by Gasteiger charge is 2.36. The minimum Gasteiger partial charge on any atom is -0.352 e. The van der Waals surface area contributed by atoms with Crippen LogP contribution in [0.5, 0.6) is 0 Å². The average Bonchev–Trinajstić information content (AvgIpc) is 3.25. The summed E-state index contributed by atoms with van der Waals surface area (Å²) in [5.74, 6) is -1.09. The molecule has 1 fully saturated rings. The van der Waals surface area contributed by atoms with Crippen molar-refractivity contribution in [3.8, 4) is 0 Å². The summed E-state index contributed by atoms with van der Waals surface area (Å²) in [4.78, 5) is 56.3. The normalized spacial score (nSPS) is 15.8. The highest BCUT2D eigenvalue weighted by atomic mass is 35.5. The Bertz CT molecular complexity index is 1400. The molecule has 0 aromatic heterocycles. The summed E-state index contributed by atoms with van der Waals surface area (Å²) in [5.41, 5.74) is 2.47. The second kappa shape index (κ2) is 13.8. The number of hydrogen-bond donors (Lipinski definition) is 1. The maximum atomic E-state index is 14.0. The number of carbonyl (C=O) groups excluding carboxylic acids is 4. The molecule has 218 valence electrons. The summed E-state index contributed by atoms with van der Waals surface area (Å²) in [6.07, 6.45) is 5.90. The highest BCUT2D eigenvalue weighted by Crippen LogP contribution is 2.25. The van der Waals surface area contributed by atoms with Crippen molar-refractivity contribution in [2.75, 3.05) is 6.54 Å². The van der Waals surface area contributed by atoms with E-state index in [1.807, 2.05) is 48.5 Å². The maximum absolute atomic E-state index is 14.0. The first kappa shape index (κ1) is 29.5. The van der Waals surface area contributed by atoms with Crippen molar-refractivity contribution in [2.24, 2.45) is 0 Å². The monoisotopic (exact) mass is 585 g/mol. The molecule has 42 heavy (non-hydrogen) atoms. The predicted octanol–water partition coefficient (Wildman–Crippen LogP) is 5.81. The summed E-state index contributed by atoms with van der Waals surface area (Å²) in [6, 6.07) is 23.1. The van der Waals surface area contributed by atoms with E-state index in [0.29, 0.717) is 22.6 Å². The lowest BCUT2D eigenvalue weighted by molar-refractivity contribution is -0.141. The van der Waals surface area contributed by atoms with Crippen LogP contribution in [0, 0.1) is 0 Å². The number of benzene rings is 3. The third-order valence-corrected chi connectivity index (χ3v) is 8.54. The van der Waals surface area contributed by atoms with Gasteiger partial charge in [0.15, 0.2) is 0 Å². The number of nitrogens with one attached hydrogen (secondary N) is 1. The molecule has 1 atom stereocenters. The maximum Gasteiger partial charge on any atom is 0.261 e. The lowest BCUT2D eigenvalue weighted by Gasteiger charge is -2.34. The molecule has 3 aromatic rings. The first-order chi connectivity index (χ1) is 20.4. The van der Waals surface area contributed by atoms with Gasteiger partial charge in [-0.2, -0.15) is 0 Å². The second-order valence-electron chi connectivity index (χ2n) is 11.1. The van der Waals surface area contributed by atoms with Crippen molar-refractivity contribution in [3.05, 3.63) is 106 Å². The number of imide groups is 1. The topological polar surface area (TPSA) is 86.8 Å². The highest BCUT2D eigenvalue weighted by molar-refractivity contribution is 6.31. The molecule has 0 unspecified atom stereocenters. The van der Waals surface area contributed by atoms with Crippen molar-refractivity contribution in [2.45, 2.75) is 70.0 Å². The van der Waals surface area contributed by atoms with E-state index in [9.17, 15) is 19.2 Å². The minimum atomic E-state index is -0.752. The lowest BCUT2D eigenvalue weighted by Crippen LogP contribution is -2.53. The van der Waals surface area contributed by atoms with Crippen LogP contribution in [0.2, 0.25) is 5.02 Å². The van der Waals surface area contributed by atoms with Gasteiger partial charge in [0.1, 0.15) is 6.04 Å². The molecule has 4 amide bonds. The van der Waals surface area contributed by atoms with Crippen molar-refractivity contribution in [3.63, 3.8) is 0 Å². The van der Waals surface area contributed by atoms with E-state index in [-0.39, 0.29) is 55.6 Å². The zero-order valence-electron chi connectivity index (χ0n) is 23.6. The van der Waals surface area contributed by atoms with Gasteiger partial charge in [0.25, 0.3) is 11.8 Å². The number of carbonyl (C=O) groups is 4. The molecule has 1 aliphatic heterocycles. The van der Waals surface area contributed by atoms with Crippen LogP contribution in [0.3, 0.4) is 0 Å². The van der Waals surface area contributed by atoms with Crippen LogP contribution in [0.4, 0.5) is 0 Å². The molecule has 5 rings (SSSR count). The Kier molecular flexibility index (Phi) is 9.70. The molecule has 1 saturated carbocycles.